The maximum atomic E-state index is 4.32. The number of thiol groups is 1. The van der Waals surface area contributed by atoms with E-state index in [1.165, 1.54) is 37.7 Å². The largest absolute Gasteiger partial charge is 0.179 e. The Morgan fingerprint density at radius 2 is 2.06 bits per heavy atom. The first-order chi connectivity index (χ1) is 7.53. The fourth-order valence-corrected chi connectivity index (χ4v) is 2.92. The van der Waals surface area contributed by atoms with Gasteiger partial charge in [-0.1, -0.05) is 38.5 Å². The van der Waals surface area contributed by atoms with Gasteiger partial charge >= 0.3 is 0 Å². The van der Waals surface area contributed by atoms with Crippen LogP contribution < -0.4 is 0 Å². The summed E-state index contributed by atoms with van der Waals surface area (Å²) in [7, 11) is 0. The smallest absolute Gasteiger partial charge is 0.00976 e. The second-order valence-corrected chi connectivity index (χ2v) is 5.93. The highest BCUT2D eigenvalue weighted by Gasteiger charge is 2.29. The molecular weight excluding hydrogens is 212 g/mol. The number of hydrogen-bond donors (Lipinski definition) is 1. The van der Waals surface area contributed by atoms with Gasteiger partial charge < -0.3 is 0 Å². The molecule has 0 spiro atoms. The highest BCUT2D eigenvalue weighted by Crippen LogP contribution is 2.44. The van der Waals surface area contributed by atoms with Crippen molar-refractivity contribution in [2.75, 3.05) is 5.75 Å². The summed E-state index contributed by atoms with van der Waals surface area (Å²) in [4.78, 5) is 0. The van der Waals surface area contributed by atoms with E-state index < -0.39 is 0 Å². The van der Waals surface area contributed by atoms with Crippen LogP contribution in [-0.4, -0.2) is 5.75 Å². The molecule has 0 atom stereocenters. The molecule has 0 radical (unpaired) electrons. The fraction of sp³-hybridized carbons (Fsp3) is 0.733. The molecule has 0 nitrogen and oxygen atoms in total. The van der Waals surface area contributed by atoms with Crippen LogP contribution in [0.5, 0.6) is 0 Å². The Bertz CT molecular complexity index is 284. The van der Waals surface area contributed by atoms with E-state index in [2.05, 4.69) is 40.0 Å². The predicted molar refractivity (Wildman–Crippen MR) is 77.2 cm³/mol. The van der Waals surface area contributed by atoms with Crippen molar-refractivity contribution in [3.8, 4) is 0 Å². The molecule has 92 valence electrons. The average Bonchev–Trinajstić information content (AvgIpc) is 2.75. The quantitative estimate of drug-likeness (QED) is 0.606. The van der Waals surface area contributed by atoms with Gasteiger partial charge in [-0.2, -0.15) is 12.6 Å². The van der Waals surface area contributed by atoms with Crippen LogP contribution in [-0.2, 0) is 0 Å². The van der Waals surface area contributed by atoms with Crippen LogP contribution in [0, 0.1) is 5.41 Å². The molecule has 1 heteroatoms. The molecule has 0 N–H and O–H groups in total. The summed E-state index contributed by atoms with van der Waals surface area (Å²) < 4.78 is 0. The lowest BCUT2D eigenvalue weighted by molar-refractivity contribution is 0.394. The Balaban J connectivity index is 2.86. The van der Waals surface area contributed by atoms with Crippen LogP contribution in [0.25, 0.3) is 0 Å². The van der Waals surface area contributed by atoms with Gasteiger partial charge in [-0.3, -0.25) is 0 Å². The molecule has 1 aliphatic carbocycles. The zero-order valence-electron chi connectivity index (χ0n) is 11.1. The molecule has 1 aliphatic rings. The van der Waals surface area contributed by atoms with E-state index in [-0.39, 0.29) is 0 Å². The van der Waals surface area contributed by atoms with Crippen molar-refractivity contribution in [2.24, 2.45) is 5.41 Å². The molecule has 1 rings (SSSR count). The average molecular weight is 238 g/mol. The number of allylic oxidation sites excluding steroid dienone is 3. The second-order valence-electron chi connectivity index (χ2n) is 5.48. The number of hydrogen-bond acceptors (Lipinski definition) is 1. The lowest BCUT2D eigenvalue weighted by Gasteiger charge is -2.28. The van der Waals surface area contributed by atoms with Crippen molar-refractivity contribution < 1.29 is 0 Å². The van der Waals surface area contributed by atoms with E-state index in [1.807, 2.05) is 0 Å². The molecule has 0 heterocycles. The van der Waals surface area contributed by atoms with Crippen molar-refractivity contribution in [2.45, 2.75) is 59.3 Å². The standard InChI is InChI=1S/C15H26S/c1-5-12(2)13-8-6-9-14(13)15(3,4)10-7-11-16/h16H,2,5-11H2,1,3-4H3. The zero-order chi connectivity index (χ0) is 12.2. The Morgan fingerprint density at radius 1 is 1.38 bits per heavy atom. The Morgan fingerprint density at radius 3 is 2.62 bits per heavy atom. The van der Waals surface area contributed by atoms with Crippen LogP contribution in [0.4, 0.5) is 0 Å². The Kier molecular flexibility index (Phi) is 5.17. The predicted octanol–water partition coefficient (Wildman–Crippen LogP) is 5.17. The van der Waals surface area contributed by atoms with E-state index >= 15 is 0 Å². The first-order valence-corrected chi connectivity index (χ1v) is 7.17. The van der Waals surface area contributed by atoms with Crippen LogP contribution >= 0.6 is 12.6 Å². The van der Waals surface area contributed by atoms with Gasteiger partial charge in [0.15, 0.2) is 0 Å². The summed E-state index contributed by atoms with van der Waals surface area (Å²) in [6.07, 6.45) is 7.44. The molecule has 0 aromatic heterocycles. The summed E-state index contributed by atoms with van der Waals surface area (Å²) >= 11 is 4.32. The molecule has 0 saturated heterocycles. The number of rotatable bonds is 6. The van der Waals surface area contributed by atoms with Crippen LogP contribution in [0.1, 0.15) is 59.3 Å². The molecule has 0 fully saturated rings. The maximum absolute atomic E-state index is 4.32. The maximum Gasteiger partial charge on any atom is -0.00976 e. The molecule has 0 aromatic carbocycles. The van der Waals surface area contributed by atoms with Crippen LogP contribution in [0.15, 0.2) is 23.3 Å². The third kappa shape index (κ3) is 3.16. The third-order valence-corrected chi connectivity index (χ3v) is 4.16. The van der Waals surface area contributed by atoms with Gasteiger partial charge in [0.25, 0.3) is 0 Å². The minimum Gasteiger partial charge on any atom is -0.179 e. The second kappa shape index (κ2) is 5.95. The van der Waals surface area contributed by atoms with Gasteiger partial charge in [-0.05, 0) is 55.3 Å². The van der Waals surface area contributed by atoms with Gasteiger partial charge in [-0.15, -0.1) is 0 Å². The molecule has 0 bridgehead atoms. The highest BCUT2D eigenvalue weighted by atomic mass is 32.1. The van der Waals surface area contributed by atoms with Crippen LogP contribution in [0.3, 0.4) is 0 Å². The Labute approximate surface area is 107 Å². The van der Waals surface area contributed by atoms with E-state index in [0.29, 0.717) is 5.41 Å². The van der Waals surface area contributed by atoms with Crippen molar-refractivity contribution in [1.29, 1.82) is 0 Å². The van der Waals surface area contributed by atoms with Crippen molar-refractivity contribution in [3.05, 3.63) is 23.3 Å². The summed E-state index contributed by atoms with van der Waals surface area (Å²) in [6.45, 7) is 11.2. The topological polar surface area (TPSA) is 0 Å². The van der Waals surface area contributed by atoms with Gasteiger partial charge in [0.1, 0.15) is 0 Å². The van der Waals surface area contributed by atoms with E-state index in [4.69, 9.17) is 0 Å². The molecule has 0 aliphatic heterocycles. The van der Waals surface area contributed by atoms with Gasteiger partial charge in [0, 0.05) is 0 Å². The molecule has 0 aromatic rings. The van der Waals surface area contributed by atoms with Crippen molar-refractivity contribution >= 4 is 12.6 Å². The molecule has 0 amide bonds. The van der Waals surface area contributed by atoms with E-state index in [0.717, 1.165) is 12.2 Å². The zero-order valence-corrected chi connectivity index (χ0v) is 12.0. The lowest BCUT2D eigenvalue weighted by atomic mass is 9.77. The molecule has 16 heavy (non-hydrogen) atoms. The molecular formula is C15H26S. The third-order valence-electron chi connectivity index (χ3n) is 3.85. The SMILES string of the molecule is C=C(CC)C1=C(C(C)(C)CCCS)CCC1. The first kappa shape index (κ1) is 13.9. The minimum absolute atomic E-state index is 0.354. The summed E-state index contributed by atoms with van der Waals surface area (Å²) in [5.74, 6) is 1.00. The first-order valence-electron chi connectivity index (χ1n) is 6.54. The monoisotopic (exact) mass is 238 g/mol. The van der Waals surface area contributed by atoms with E-state index in [1.54, 1.807) is 11.1 Å². The Hall–Kier alpha value is -0.170. The van der Waals surface area contributed by atoms with Gasteiger partial charge in [0.05, 0.1) is 0 Å². The normalized spacial score (nSPS) is 17.0. The highest BCUT2D eigenvalue weighted by molar-refractivity contribution is 7.80. The molecule has 0 saturated carbocycles. The minimum atomic E-state index is 0.354. The fourth-order valence-electron chi connectivity index (χ4n) is 2.77. The van der Waals surface area contributed by atoms with Crippen molar-refractivity contribution in [1.82, 2.24) is 0 Å². The van der Waals surface area contributed by atoms with E-state index in [9.17, 15) is 0 Å². The summed E-state index contributed by atoms with van der Waals surface area (Å²) in [6, 6.07) is 0. The summed E-state index contributed by atoms with van der Waals surface area (Å²) in [5, 5.41) is 0. The van der Waals surface area contributed by atoms with Gasteiger partial charge in [-0.25, -0.2) is 0 Å². The molecule has 0 unspecified atom stereocenters. The van der Waals surface area contributed by atoms with Crippen molar-refractivity contribution in [3.63, 3.8) is 0 Å². The summed E-state index contributed by atoms with van der Waals surface area (Å²) in [5.41, 5.74) is 4.99. The van der Waals surface area contributed by atoms with Gasteiger partial charge in [0.2, 0.25) is 0 Å². The lowest BCUT2D eigenvalue weighted by Crippen LogP contribution is -2.15. The van der Waals surface area contributed by atoms with Crippen LogP contribution in [0.2, 0.25) is 0 Å².